The Hall–Kier alpha value is -0.140. The molecule has 1 spiro atoms. The third-order valence-electron chi connectivity index (χ3n) is 3.57. The van der Waals surface area contributed by atoms with Crippen LogP contribution in [-0.4, -0.2) is 5.92 Å². The van der Waals surface area contributed by atoms with Gasteiger partial charge in [-0.1, -0.05) is 27.2 Å². The van der Waals surface area contributed by atoms with Gasteiger partial charge < -0.3 is 0 Å². The molecular weight excluding hydrogens is 170 g/mol. The molecule has 13 heavy (non-hydrogen) atoms. The van der Waals surface area contributed by atoms with E-state index in [0.717, 1.165) is 12.8 Å². The third-order valence-corrected chi connectivity index (χ3v) is 3.57. The summed E-state index contributed by atoms with van der Waals surface area (Å²) in [6.07, 6.45) is 3.70. The molecule has 2 rings (SSSR count). The second-order valence-electron chi connectivity index (χ2n) is 4.22. The standard InChI is InChI=1S/C9H14F2.C2H6/c1-2-7-3-4-8(7)5-9(10,11)6-8;1-2/h7H,2-6H2,1H3;1-2H3. The van der Waals surface area contributed by atoms with Gasteiger partial charge in [-0.3, -0.25) is 0 Å². The lowest BCUT2D eigenvalue weighted by Gasteiger charge is -2.59. The fourth-order valence-electron chi connectivity index (χ4n) is 2.84. The van der Waals surface area contributed by atoms with Crippen LogP contribution in [0, 0.1) is 11.3 Å². The van der Waals surface area contributed by atoms with E-state index in [1.54, 1.807) is 0 Å². The van der Waals surface area contributed by atoms with Crippen molar-refractivity contribution >= 4 is 0 Å². The van der Waals surface area contributed by atoms with E-state index in [-0.39, 0.29) is 18.3 Å². The van der Waals surface area contributed by atoms with Gasteiger partial charge >= 0.3 is 0 Å². The van der Waals surface area contributed by atoms with Gasteiger partial charge in [0.2, 0.25) is 5.92 Å². The van der Waals surface area contributed by atoms with E-state index in [0.29, 0.717) is 5.92 Å². The largest absolute Gasteiger partial charge is 0.249 e. The molecule has 0 aromatic heterocycles. The van der Waals surface area contributed by atoms with Crippen molar-refractivity contribution in [3.05, 3.63) is 0 Å². The van der Waals surface area contributed by atoms with Crippen LogP contribution in [0.5, 0.6) is 0 Å². The first-order chi connectivity index (χ1) is 6.08. The molecule has 0 radical (unpaired) electrons. The number of hydrogen-bond donors (Lipinski definition) is 0. The fourth-order valence-corrected chi connectivity index (χ4v) is 2.84. The van der Waals surface area contributed by atoms with Crippen molar-refractivity contribution in [3.63, 3.8) is 0 Å². The zero-order valence-corrected chi connectivity index (χ0v) is 8.87. The smallest absolute Gasteiger partial charge is 0.207 e. The average molecular weight is 190 g/mol. The van der Waals surface area contributed by atoms with E-state index in [1.807, 2.05) is 13.8 Å². The molecule has 2 aliphatic rings. The summed E-state index contributed by atoms with van der Waals surface area (Å²) in [4.78, 5) is 0. The van der Waals surface area contributed by atoms with Gasteiger partial charge in [0.1, 0.15) is 0 Å². The predicted molar refractivity (Wildman–Crippen MR) is 51.0 cm³/mol. The average Bonchev–Trinajstić information content (AvgIpc) is 2.02. The zero-order valence-electron chi connectivity index (χ0n) is 8.87. The van der Waals surface area contributed by atoms with Crippen LogP contribution in [0.4, 0.5) is 8.78 Å². The molecule has 2 saturated carbocycles. The molecule has 0 aromatic rings. The van der Waals surface area contributed by atoms with Crippen molar-refractivity contribution < 1.29 is 8.78 Å². The molecule has 0 aromatic carbocycles. The van der Waals surface area contributed by atoms with Crippen LogP contribution < -0.4 is 0 Å². The Morgan fingerprint density at radius 3 is 2.00 bits per heavy atom. The summed E-state index contributed by atoms with van der Waals surface area (Å²) in [5, 5.41) is 0. The van der Waals surface area contributed by atoms with Crippen LogP contribution in [0.15, 0.2) is 0 Å². The molecule has 0 amide bonds. The molecular formula is C11H20F2. The second kappa shape index (κ2) is 3.55. The lowest BCUT2D eigenvalue weighted by Crippen LogP contribution is -2.55. The highest BCUT2D eigenvalue weighted by molar-refractivity contribution is 5.07. The Labute approximate surface area is 79.7 Å². The Balaban J connectivity index is 0.000000396. The Morgan fingerprint density at radius 1 is 1.23 bits per heavy atom. The summed E-state index contributed by atoms with van der Waals surface area (Å²) in [6, 6.07) is 0. The first kappa shape index (κ1) is 10.9. The summed E-state index contributed by atoms with van der Waals surface area (Å²) in [5.41, 5.74) is 0.0955. The minimum absolute atomic E-state index is 0.0955. The topological polar surface area (TPSA) is 0 Å². The summed E-state index contributed by atoms with van der Waals surface area (Å²) in [7, 11) is 0. The van der Waals surface area contributed by atoms with E-state index >= 15 is 0 Å². The number of alkyl halides is 2. The quantitative estimate of drug-likeness (QED) is 0.580. The summed E-state index contributed by atoms with van der Waals surface area (Å²) in [5.74, 6) is -1.70. The van der Waals surface area contributed by atoms with E-state index in [1.165, 1.54) is 6.42 Å². The minimum atomic E-state index is -2.31. The molecule has 0 heterocycles. The maximum atomic E-state index is 12.6. The van der Waals surface area contributed by atoms with Gasteiger partial charge in [0, 0.05) is 12.8 Å². The van der Waals surface area contributed by atoms with Gasteiger partial charge in [-0.05, 0) is 24.2 Å². The summed E-state index contributed by atoms with van der Waals surface area (Å²) >= 11 is 0. The van der Waals surface area contributed by atoms with Gasteiger partial charge in [0.25, 0.3) is 0 Å². The van der Waals surface area contributed by atoms with Gasteiger partial charge in [-0.25, -0.2) is 8.78 Å². The summed E-state index contributed by atoms with van der Waals surface area (Å²) < 4.78 is 25.1. The van der Waals surface area contributed by atoms with Gasteiger partial charge in [0.15, 0.2) is 0 Å². The lowest BCUT2D eigenvalue weighted by molar-refractivity contribution is -0.219. The predicted octanol–water partition coefficient (Wildman–Crippen LogP) is 4.25. The van der Waals surface area contributed by atoms with Gasteiger partial charge in [-0.15, -0.1) is 0 Å². The molecule has 2 fully saturated rings. The van der Waals surface area contributed by atoms with Crippen molar-refractivity contribution in [1.29, 1.82) is 0 Å². The second-order valence-corrected chi connectivity index (χ2v) is 4.22. The third kappa shape index (κ3) is 1.72. The minimum Gasteiger partial charge on any atom is -0.207 e. The van der Waals surface area contributed by atoms with Crippen LogP contribution in [0.3, 0.4) is 0 Å². The van der Waals surface area contributed by atoms with Crippen LogP contribution in [0.25, 0.3) is 0 Å². The fraction of sp³-hybridized carbons (Fsp3) is 1.00. The molecule has 0 bridgehead atoms. The molecule has 0 nitrogen and oxygen atoms in total. The van der Waals surface area contributed by atoms with Crippen molar-refractivity contribution in [3.8, 4) is 0 Å². The maximum Gasteiger partial charge on any atom is 0.249 e. The van der Waals surface area contributed by atoms with Crippen molar-refractivity contribution in [1.82, 2.24) is 0 Å². The molecule has 2 aliphatic carbocycles. The Morgan fingerprint density at radius 2 is 1.77 bits per heavy atom. The highest BCUT2D eigenvalue weighted by atomic mass is 19.3. The Kier molecular flexibility index (Phi) is 2.98. The SMILES string of the molecule is CC.CCC1CCC12CC(F)(F)C2. The van der Waals surface area contributed by atoms with Crippen molar-refractivity contribution in [2.45, 2.75) is 58.8 Å². The first-order valence-electron chi connectivity index (χ1n) is 5.46. The monoisotopic (exact) mass is 190 g/mol. The van der Waals surface area contributed by atoms with Crippen LogP contribution in [0.2, 0.25) is 0 Å². The normalized spacial score (nSPS) is 32.5. The van der Waals surface area contributed by atoms with E-state index in [2.05, 4.69) is 6.92 Å². The lowest BCUT2D eigenvalue weighted by atomic mass is 9.48. The maximum absolute atomic E-state index is 12.6. The van der Waals surface area contributed by atoms with E-state index in [9.17, 15) is 8.78 Å². The molecule has 0 aliphatic heterocycles. The van der Waals surface area contributed by atoms with E-state index < -0.39 is 5.92 Å². The van der Waals surface area contributed by atoms with Gasteiger partial charge in [0.05, 0.1) is 0 Å². The first-order valence-corrected chi connectivity index (χ1v) is 5.46. The molecule has 78 valence electrons. The highest BCUT2D eigenvalue weighted by Crippen LogP contribution is 2.66. The van der Waals surface area contributed by atoms with Crippen LogP contribution in [-0.2, 0) is 0 Å². The molecule has 2 heteroatoms. The van der Waals surface area contributed by atoms with Gasteiger partial charge in [-0.2, -0.15) is 0 Å². The number of rotatable bonds is 1. The van der Waals surface area contributed by atoms with Crippen molar-refractivity contribution in [2.24, 2.45) is 11.3 Å². The molecule has 1 unspecified atom stereocenters. The molecule has 0 N–H and O–H groups in total. The van der Waals surface area contributed by atoms with Crippen molar-refractivity contribution in [2.75, 3.05) is 0 Å². The number of halogens is 2. The zero-order chi connectivity index (χ0) is 10.1. The number of hydrogen-bond acceptors (Lipinski definition) is 0. The highest BCUT2D eigenvalue weighted by Gasteiger charge is 2.62. The summed E-state index contributed by atoms with van der Waals surface area (Å²) in [6.45, 7) is 6.11. The Bertz CT molecular complexity index is 165. The molecule has 1 atom stereocenters. The van der Waals surface area contributed by atoms with E-state index in [4.69, 9.17) is 0 Å². The van der Waals surface area contributed by atoms with Crippen LogP contribution >= 0.6 is 0 Å². The molecule has 0 saturated heterocycles. The van der Waals surface area contributed by atoms with Crippen LogP contribution in [0.1, 0.15) is 52.9 Å².